The molecule has 8 heteroatoms. The molecule has 35 heavy (non-hydrogen) atoms. The summed E-state index contributed by atoms with van der Waals surface area (Å²) in [4.78, 5) is 12.2. The molecule has 0 unspecified atom stereocenters. The van der Waals surface area contributed by atoms with E-state index < -0.39 is 24.4 Å². The van der Waals surface area contributed by atoms with Gasteiger partial charge in [0.15, 0.2) is 0 Å². The number of carbonyl (C=O) groups excluding carboxylic acids is 1. The minimum absolute atomic E-state index is 0.0418. The number of nitrogens with one attached hydrogen (secondary N) is 1. The first-order valence-corrected chi connectivity index (χ1v) is 10.9. The molecule has 0 aliphatic heterocycles. The highest BCUT2D eigenvalue weighted by Crippen LogP contribution is 2.44. The second-order valence-corrected chi connectivity index (χ2v) is 7.80. The fourth-order valence-electron chi connectivity index (χ4n) is 3.88. The van der Waals surface area contributed by atoms with Crippen LogP contribution in [0.25, 0.3) is 11.1 Å². The summed E-state index contributed by atoms with van der Waals surface area (Å²) in [5, 5.41) is 2.62. The van der Waals surface area contributed by atoms with Crippen LogP contribution in [0.2, 0.25) is 0 Å². The van der Waals surface area contributed by atoms with Crippen molar-refractivity contribution in [2.24, 2.45) is 0 Å². The molecule has 0 saturated carbocycles. The normalized spacial score (nSPS) is 12.4. The molecule has 1 N–H and O–H groups in total. The Hall–Kier alpha value is -3.99. The second kappa shape index (κ2) is 10.5. The summed E-state index contributed by atoms with van der Waals surface area (Å²) < 4.78 is 60.1. The highest BCUT2D eigenvalue weighted by atomic mass is 19.3. The molecule has 1 aliphatic rings. The highest BCUT2D eigenvalue weighted by molar-refractivity contribution is 5.79. The van der Waals surface area contributed by atoms with Crippen molar-refractivity contribution in [1.82, 2.24) is 5.32 Å². The first-order valence-electron chi connectivity index (χ1n) is 10.9. The number of amides is 1. The summed E-state index contributed by atoms with van der Waals surface area (Å²) in [7, 11) is 0. The Bertz CT molecular complexity index is 1220. The van der Waals surface area contributed by atoms with Gasteiger partial charge in [0.2, 0.25) is 0 Å². The summed E-state index contributed by atoms with van der Waals surface area (Å²) in [6.45, 7) is 0.408. The molecule has 0 heterocycles. The zero-order chi connectivity index (χ0) is 24.8. The summed E-state index contributed by atoms with van der Waals surface area (Å²) >= 11 is 0. The van der Waals surface area contributed by atoms with Crippen molar-refractivity contribution in [2.75, 3.05) is 13.2 Å². The molecule has 4 rings (SSSR count). The third kappa shape index (κ3) is 5.75. The van der Waals surface area contributed by atoms with Gasteiger partial charge in [-0.1, -0.05) is 66.4 Å². The first-order chi connectivity index (χ1) is 16.8. The minimum Gasteiger partial charge on any atom is -0.449 e. The van der Waals surface area contributed by atoms with Crippen LogP contribution in [0.3, 0.4) is 0 Å². The Balaban J connectivity index is 1.26. The number of fused-ring (bicyclic) bond motifs is 3. The van der Waals surface area contributed by atoms with E-state index in [4.69, 9.17) is 4.74 Å². The Kier molecular flexibility index (Phi) is 7.25. The average Bonchev–Trinajstić information content (AvgIpc) is 3.16. The van der Waals surface area contributed by atoms with Crippen molar-refractivity contribution < 1.29 is 31.8 Å². The number of alkyl halides is 4. The van der Waals surface area contributed by atoms with Gasteiger partial charge in [-0.2, -0.15) is 17.6 Å². The van der Waals surface area contributed by atoms with Crippen LogP contribution in [0.4, 0.5) is 22.4 Å². The van der Waals surface area contributed by atoms with E-state index in [0.717, 1.165) is 34.4 Å². The maximum absolute atomic E-state index is 13.0. The van der Waals surface area contributed by atoms with Crippen molar-refractivity contribution in [3.63, 3.8) is 0 Å². The third-order valence-electron chi connectivity index (χ3n) is 5.44. The smallest absolute Gasteiger partial charge is 0.449 e. The Morgan fingerprint density at radius 3 is 2.29 bits per heavy atom. The van der Waals surface area contributed by atoms with E-state index in [0.29, 0.717) is 5.56 Å². The van der Waals surface area contributed by atoms with Crippen LogP contribution < -0.4 is 10.1 Å². The number of carbonyl (C=O) groups is 1. The first kappa shape index (κ1) is 24.1. The molecule has 0 radical (unpaired) electrons. The van der Waals surface area contributed by atoms with Gasteiger partial charge in [-0.05, 0) is 40.5 Å². The van der Waals surface area contributed by atoms with Crippen molar-refractivity contribution in [2.45, 2.75) is 24.9 Å². The molecular formula is C27H21F4NO3. The molecule has 0 bridgehead atoms. The van der Waals surface area contributed by atoms with Crippen LogP contribution in [-0.2, 0) is 4.74 Å². The lowest BCUT2D eigenvalue weighted by Gasteiger charge is -2.16. The Labute approximate surface area is 199 Å². The van der Waals surface area contributed by atoms with Gasteiger partial charge >= 0.3 is 18.6 Å². The van der Waals surface area contributed by atoms with Crippen molar-refractivity contribution in [3.05, 3.63) is 89.5 Å². The lowest BCUT2D eigenvalue weighted by atomic mass is 9.98. The number of hydrogen-bond acceptors (Lipinski definition) is 3. The largest absolute Gasteiger partial charge is 0.461 e. The zero-order valence-electron chi connectivity index (χ0n) is 18.4. The number of rotatable bonds is 7. The predicted molar refractivity (Wildman–Crippen MR) is 123 cm³/mol. The quantitative estimate of drug-likeness (QED) is 0.247. The standard InChI is InChI=1S/C27H21F4NO3/c28-25(29)27(30,31)35-19-10-7-9-18(16-19)8-5-6-15-32-26(33)34-17-24-22-13-3-1-11-20(22)21-12-2-4-14-23(21)24/h1-4,7,9-14,16,24-25H,6,15,17H2,(H,32,33). The van der Waals surface area contributed by atoms with E-state index in [1.807, 2.05) is 36.4 Å². The van der Waals surface area contributed by atoms with Crippen molar-refractivity contribution >= 4 is 6.09 Å². The molecule has 4 nitrogen and oxygen atoms in total. The Morgan fingerprint density at radius 2 is 1.63 bits per heavy atom. The van der Waals surface area contributed by atoms with Crippen molar-refractivity contribution in [3.8, 4) is 28.7 Å². The monoisotopic (exact) mass is 483 g/mol. The third-order valence-corrected chi connectivity index (χ3v) is 5.44. The molecule has 180 valence electrons. The highest BCUT2D eigenvalue weighted by Gasteiger charge is 2.44. The maximum Gasteiger partial charge on any atom is 0.461 e. The summed E-state index contributed by atoms with van der Waals surface area (Å²) in [6, 6.07) is 21.2. The maximum atomic E-state index is 13.0. The average molecular weight is 483 g/mol. The molecule has 1 amide bonds. The van der Waals surface area contributed by atoms with Gasteiger partial charge in [0.1, 0.15) is 12.4 Å². The summed E-state index contributed by atoms with van der Waals surface area (Å²) in [5.41, 5.74) is 4.82. The number of alkyl carbamates (subject to hydrolysis) is 1. The van der Waals surface area contributed by atoms with Crippen LogP contribution >= 0.6 is 0 Å². The van der Waals surface area contributed by atoms with E-state index in [1.54, 1.807) is 0 Å². The number of hydrogen-bond donors (Lipinski definition) is 1. The number of benzene rings is 3. The molecule has 3 aromatic rings. The van der Waals surface area contributed by atoms with Crippen molar-refractivity contribution in [1.29, 1.82) is 0 Å². The lowest BCUT2D eigenvalue weighted by Crippen LogP contribution is -2.33. The van der Waals surface area contributed by atoms with Crippen LogP contribution in [0, 0.1) is 11.8 Å². The summed E-state index contributed by atoms with van der Waals surface area (Å²) in [5.74, 6) is 5.04. The molecule has 1 aliphatic carbocycles. The van der Waals surface area contributed by atoms with E-state index in [-0.39, 0.29) is 25.5 Å². The molecule has 0 atom stereocenters. The van der Waals surface area contributed by atoms with Gasteiger partial charge in [0.25, 0.3) is 0 Å². The molecular weight excluding hydrogens is 462 g/mol. The Morgan fingerprint density at radius 1 is 0.971 bits per heavy atom. The van der Waals surface area contributed by atoms with Crippen LogP contribution in [0.1, 0.15) is 29.0 Å². The van der Waals surface area contributed by atoms with Gasteiger partial charge in [0.05, 0.1) is 0 Å². The van der Waals surface area contributed by atoms with E-state index in [2.05, 4.69) is 34.0 Å². The van der Waals surface area contributed by atoms with Crippen LogP contribution in [-0.4, -0.2) is 31.8 Å². The van der Waals surface area contributed by atoms with Gasteiger partial charge in [0, 0.05) is 24.4 Å². The van der Waals surface area contributed by atoms with E-state index >= 15 is 0 Å². The fraction of sp³-hybridized carbons (Fsp3) is 0.222. The van der Waals surface area contributed by atoms with Gasteiger partial charge < -0.3 is 14.8 Å². The van der Waals surface area contributed by atoms with Crippen LogP contribution in [0.5, 0.6) is 5.75 Å². The van der Waals surface area contributed by atoms with Gasteiger partial charge in [-0.25, -0.2) is 4.79 Å². The number of halogens is 4. The SMILES string of the molecule is O=C(NCCC#Cc1cccc(OC(F)(F)C(F)F)c1)OCC1c2ccccc2-c2ccccc21. The molecule has 3 aromatic carbocycles. The van der Waals surface area contributed by atoms with Crippen LogP contribution in [0.15, 0.2) is 72.8 Å². The molecule has 0 aromatic heterocycles. The molecule has 0 fully saturated rings. The fourth-order valence-corrected chi connectivity index (χ4v) is 3.88. The predicted octanol–water partition coefficient (Wildman–Crippen LogP) is 6.20. The van der Waals surface area contributed by atoms with E-state index in [1.165, 1.54) is 12.1 Å². The number of ether oxygens (including phenoxy) is 2. The molecule has 0 spiro atoms. The zero-order valence-corrected chi connectivity index (χ0v) is 18.4. The minimum atomic E-state index is -4.58. The summed E-state index contributed by atoms with van der Waals surface area (Å²) in [6.07, 6.45) is -8.83. The van der Waals surface area contributed by atoms with E-state index in [9.17, 15) is 22.4 Å². The van der Waals surface area contributed by atoms with Gasteiger partial charge in [-0.3, -0.25) is 0 Å². The lowest BCUT2D eigenvalue weighted by molar-refractivity contribution is -0.253. The molecule has 0 saturated heterocycles. The topological polar surface area (TPSA) is 47.6 Å². The van der Waals surface area contributed by atoms with Gasteiger partial charge in [-0.15, -0.1) is 0 Å². The second-order valence-electron chi connectivity index (χ2n) is 7.80.